The van der Waals surface area contributed by atoms with Gasteiger partial charge in [0.25, 0.3) is 0 Å². The van der Waals surface area contributed by atoms with Crippen LogP contribution in [0.2, 0.25) is 0 Å². The van der Waals surface area contributed by atoms with Crippen LogP contribution in [0.15, 0.2) is 22.8 Å². The molecule has 0 aromatic carbocycles. The fraction of sp³-hybridized carbons (Fsp3) is 0.455. The Balaban J connectivity index is 1.97. The van der Waals surface area contributed by atoms with E-state index in [9.17, 15) is 0 Å². The third-order valence-electron chi connectivity index (χ3n) is 2.96. The minimum Gasteiger partial charge on any atom is -0.337 e. The second-order valence-corrected chi connectivity index (χ2v) is 5.19. The zero-order valence-electron chi connectivity index (χ0n) is 9.60. The number of hydrogen-bond acceptors (Lipinski definition) is 4. The van der Waals surface area contributed by atoms with E-state index in [0.717, 1.165) is 35.7 Å². The highest BCUT2D eigenvalue weighted by Gasteiger charge is 2.19. The van der Waals surface area contributed by atoms with Crippen LogP contribution >= 0.6 is 15.9 Å². The lowest BCUT2D eigenvalue weighted by molar-refractivity contribution is 0.479. The van der Waals surface area contributed by atoms with E-state index in [1.807, 2.05) is 22.8 Å². The normalized spacial score (nSPS) is 21.1. The maximum atomic E-state index is 4.57. The lowest BCUT2D eigenvalue weighted by atomic mass is 10.2. The lowest BCUT2D eigenvalue weighted by Crippen LogP contribution is -2.49. The molecule has 1 fully saturated rings. The zero-order valence-corrected chi connectivity index (χ0v) is 11.2. The highest BCUT2D eigenvalue weighted by Crippen LogP contribution is 2.19. The van der Waals surface area contributed by atoms with Gasteiger partial charge < -0.3 is 10.2 Å². The maximum Gasteiger partial charge on any atom is 0.245 e. The van der Waals surface area contributed by atoms with E-state index in [4.69, 9.17) is 0 Å². The molecular weight excluding hydrogens is 282 g/mol. The second-order valence-electron chi connectivity index (χ2n) is 4.34. The Morgan fingerprint density at radius 3 is 3.18 bits per heavy atom. The summed E-state index contributed by atoms with van der Waals surface area (Å²) in [5.41, 5.74) is 0.869. The van der Waals surface area contributed by atoms with Crippen molar-refractivity contribution in [3.8, 4) is 0 Å². The Bertz CT molecular complexity index is 538. The van der Waals surface area contributed by atoms with Gasteiger partial charge in [-0.05, 0) is 35.0 Å². The average Bonchev–Trinajstić information content (AvgIpc) is 2.74. The molecule has 90 valence electrons. The number of nitrogens with zero attached hydrogens (tertiary/aromatic N) is 4. The maximum absolute atomic E-state index is 4.57. The first-order valence-corrected chi connectivity index (χ1v) is 6.52. The third kappa shape index (κ3) is 2.02. The van der Waals surface area contributed by atoms with Gasteiger partial charge in [-0.15, -0.1) is 5.10 Å². The van der Waals surface area contributed by atoms with Crippen LogP contribution in [0.25, 0.3) is 5.65 Å². The standard InChI is InChI=1S/C11H14BrN5/c1-8-7-16(6-4-13-8)11-14-10-9(12)3-2-5-17(10)15-11/h2-3,5,8,13H,4,6-7H2,1H3/t8-/m0/s1. The molecule has 0 aliphatic carbocycles. The number of fused-ring (bicyclic) bond motifs is 1. The quantitative estimate of drug-likeness (QED) is 0.861. The molecule has 17 heavy (non-hydrogen) atoms. The molecule has 3 rings (SSSR count). The van der Waals surface area contributed by atoms with Crippen LogP contribution in [0.5, 0.6) is 0 Å². The molecule has 0 saturated carbocycles. The largest absolute Gasteiger partial charge is 0.337 e. The molecule has 0 unspecified atom stereocenters. The molecule has 1 aliphatic heterocycles. The molecule has 1 N–H and O–H groups in total. The van der Waals surface area contributed by atoms with Crippen LogP contribution in [0, 0.1) is 0 Å². The number of rotatable bonds is 1. The summed E-state index contributed by atoms with van der Waals surface area (Å²) in [5, 5.41) is 7.92. The smallest absolute Gasteiger partial charge is 0.245 e. The molecule has 1 atom stereocenters. The lowest BCUT2D eigenvalue weighted by Gasteiger charge is -2.30. The van der Waals surface area contributed by atoms with Crippen molar-refractivity contribution in [3.05, 3.63) is 22.8 Å². The summed E-state index contributed by atoms with van der Waals surface area (Å²) >= 11 is 3.49. The summed E-state index contributed by atoms with van der Waals surface area (Å²) in [5.74, 6) is 0.810. The van der Waals surface area contributed by atoms with Crippen molar-refractivity contribution in [3.63, 3.8) is 0 Å². The first kappa shape index (κ1) is 11.0. The molecule has 6 heteroatoms. The van der Waals surface area contributed by atoms with E-state index >= 15 is 0 Å². The average molecular weight is 296 g/mol. The van der Waals surface area contributed by atoms with Crippen molar-refractivity contribution in [1.82, 2.24) is 19.9 Å². The number of anilines is 1. The van der Waals surface area contributed by atoms with Gasteiger partial charge in [-0.3, -0.25) is 0 Å². The summed E-state index contributed by atoms with van der Waals surface area (Å²) < 4.78 is 2.79. The van der Waals surface area contributed by atoms with E-state index in [1.54, 1.807) is 0 Å². The highest BCUT2D eigenvalue weighted by molar-refractivity contribution is 9.10. The van der Waals surface area contributed by atoms with Gasteiger partial charge in [-0.2, -0.15) is 4.98 Å². The number of pyridine rings is 1. The summed E-state index contributed by atoms with van der Waals surface area (Å²) in [6, 6.07) is 4.42. The van der Waals surface area contributed by atoms with E-state index in [-0.39, 0.29) is 0 Å². The van der Waals surface area contributed by atoms with E-state index < -0.39 is 0 Å². The van der Waals surface area contributed by atoms with Crippen LogP contribution in [0.4, 0.5) is 5.95 Å². The summed E-state index contributed by atoms with van der Waals surface area (Å²) in [6.07, 6.45) is 1.92. The van der Waals surface area contributed by atoms with Crippen LogP contribution < -0.4 is 10.2 Å². The van der Waals surface area contributed by atoms with Gasteiger partial charge in [-0.25, -0.2) is 4.52 Å². The summed E-state index contributed by atoms with van der Waals surface area (Å²) in [4.78, 5) is 6.80. The molecule has 0 spiro atoms. The van der Waals surface area contributed by atoms with Crippen molar-refractivity contribution in [2.24, 2.45) is 0 Å². The number of nitrogens with one attached hydrogen (secondary N) is 1. The molecule has 0 radical (unpaired) electrons. The van der Waals surface area contributed by atoms with E-state index in [0.29, 0.717) is 6.04 Å². The van der Waals surface area contributed by atoms with Crippen LogP contribution in [0.3, 0.4) is 0 Å². The first-order chi connectivity index (χ1) is 8.24. The van der Waals surface area contributed by atoms with Crippen molar-refractivity contribution >= 4 is 27.5 Å². The van der Waals surface area contributed by atoms with Gasteiger partial charge in [0.1, 0.15) is 0 Å². The Hall–Kier alpha value is -1.14. The zero-order chi connectivity index (χ0) is 11.8. The Kier molecular flexibility index (Phi) is 2.76. The van der Waals surface area contributed by atoms with Crippen LogP contribution in [0.1, 0.15) is 6.92 Å². The molecule has 2 aromatic heterocycles. The SMILES string of the molecule is C[C@H]1CN(c2nc3c(Br)cccn3n2)CCN1. The molecule has 5 nitrogen and oxygen atoms in total. The Morgan fingerprint density at radius 1 is 1.53 bits per heavy atom. The molecule has 2 aromatic rings. The number of halogens is 1. The third-order valence-corrected chi connectivity index (χ3v) is 3.57. The van der Waals surface area contributed by atoms with Crippen molar-refractivity contribution in [1.29, 1.82) is 0 Å². The monoisotopic (exact) mass is 295 g/mol. The van der Waals surface area contributed by atoms with Crippen molar-refractivity contribution in [2.75, 3.05) is 24.5 Å². The summed E-state index contributed by atoms with van der Waals surface area (Å²) in [6.45, 7) is 5.07. The molecule has 0 bridgehead atoms. The number of aromatic nitrogens is 3. The van der Waals surface area contributed by atoms with E-state index in [2.05, 4.69) is 43.2 Å². The minimum atomic E-state index is 0.485. The van der Waals surface area contributed by atoms with Gasteiger partial charge in [-0.1, -0.05) is 0 Å². The van der Waals surface area contributed by atoms with Gasteiger partial charge in [0, 0.05) is 31.9 Å². The van der Waals surface area contributed by atoms with Crippen molar-refractivity contribution in [2.45, 2.75) is 13.0 Å². The fourth-order valence-corrected chi connectivity index (χ4v) is 2.53. The molecule has 1 aliphatic rings. The minimum absolute atomic E-state index is 0.485. The fourth-order valence-electron chi connectivity index (χ4n) is 2.11. The van der Waals surface area contributed by atoms with Gasteiger partial charge in [0.15, 0.2) is 5.65 Å². The molecule has 1 saturated heterocycles. The predicted octanol–water partition coefficient (Wildman–Crippen LogP) is 1.29. The molecule has 3 heterocycles. The first-order valence-electron chi connectivity index (χ1n) is 5.73. The highest BCUT2D eigenvalue weighted by atomic mass is 79.9. The van der Waals surface area contributed by atoms with Crippen LogP contribution in [-0.4, -0.2) is 40.3 Å². The summed E-state index contributed by atoms with van der Waals surface area (Å²) in [7, 11) is 0. The van der Waals surface area contributed by atoms with Gasteiger partial charge in [0.2, 0.25) is 5.95 Å². The predicted molar refractivity (Wildman–Crippen MR) is 70.4 cm³/mol. The Labute approximate surface area is 108 Å². The number of piperazine rings is 1. The number of hydrogen-bond donors (Lipinski definition) is 1. The Morgan fingerprint density at radius 2 is 2.41 bits per heavy atom. The van der Waals surface area contributed by atoms with Crippen LogP contribution in [-0.2, 0) is 0 Å². The van der Waals surface area contributed by atoms with Gasteiger partial charge in [0.05, 0.1) is 4.47 Å². The van der Waals surface area contributed by atoms with E-state index in [1.165, 1.54) is 0 Å². The topological polar surface area (TPSA) is 45.5 Å². The van der Waals surface area contributed by atoms with Gasteiger partial charge >= 0.3 is 0 Å². The van der Waals surface area contributed by atoms with Crippen molar-refractivity contribution < 1.29 is 0 Å². The molecular formula is C11H14BrN5. The molecule has 0 amide bonds. The second kappa shape index (κ2) is 4.27.